The molecule has 1 aromatic carbocycles. The number of carbonyl (C=O) groups is 2. The van der Waals surface area contributed by atoms with Crippen LogP contribution in [-0.2, 0) is 16.0 Å². The van der Waals surface area contributed by atoms with Crippen molar-refractivity contribution >= 4 is 17.5 Å². The maximum absolute atomic E-state index is 13.0. The van der Waals surface area contributed by atoms with Crippen LogP contribution < -0.4 is 4.90 Å². The quantitative estimate of drug-likeness (QED) is 0.788. The number of rotatable bonds is 2. The van der Waals surface area contributed by atoms with Crippen molar-refractivity contribution in [2.75, 3.05) is 24.5 Å². The van der Waals surface area contributed by atoms with Crippen molar-refractivity contribution in [2.45, 2.75) is 26.2 Å². The molecule has 4 heteroatoms. The van der Waals surface area contributed by atoms with Gasteiger partial charge in [0, 0.05) is 31.2 Å². The van der Waals surface area contributed by atoms with E-state index in [1.165, 1.54) is 11.6 Å². The van der Waals surface area contributed by atoms with Gasteiger partial charge < -0.3 is 9.80 Å². The van der Waals surface area contributed by atoms with E-state index in [4.69, 9.17) is 0 Å². The minimum absolute atomic E-state index is 0.0159. The SMILES string of the molecule is C=CC(=O)N1CCC(C(=O)N2CC(C)Cc3ccccc32)CC1. The molecule has 2 aliphatic heterocycles. The average Bonchev–Trinajstić information content (AvgIpc) is 2.59. The minimum atomic E-state index is -0.0344. The maximum atomic E-state index is 13.0. The lowest BCUT2D eigenvalue weighted by Crippen LogP contribution is -2.46. The van der Waals surface area contributed by atoms with Crippen molar-refractivity contribution in [3.8, 4) is 0 Å². The van der Waals surface area contributed by atoms with Crippen LogP contribution in [0.5, 0.6) is 0 Å². The van der Waals surface area contributed by atoms with Gasteiger partial charge in [0.15, 0.2) is 0 Å². The third-order valence-electron chi connectivity index (χ3n) is 4.94. The van der Waals surface area contributed by atoms with Crippen LogP contribution in [0, 0.1) is 11.8 Å². The molecule has 122 valence electrons. The van der Waals surface area contributed by atoms with Crippen LogP contribution in [0.25, 0.3) is 0 Å². The molecule has 1 unspecified atom stereocenters. The van der Waals surface area contributed by atoms with Gasteiger partial charge in [0.1, 0.15) is 0 Å². The van der Waals surface area contributed by atoms with Crippen molar-refractivity contribution < 1.29 is 9.59 Å². The molecule has 2 aliphatic rings. The van der Waals surface area contributed by atoms with Gasteiger partial charge in [0.05, 0.1) is 0 Å². The van der Waals surface area contributed by atoms with E-state index in [0.29, 0.717) is 19.0 Å². The molecule has 0 bridgehead atoms. The standard InChI is InChI=1S/C19H24N2O2/c1-3-18(22)20-10-8-15(9-11-20)19(23)21-13-14(2)12-16-6-4-5-7-17(16)21/h3-7,14-15H,1,8-13H2,2H3. The van der Waals surface area contributed by atoms with Crippen molar-refractivity contribution in [3.63, 3.8) is 0 Å². The van der Waals surface area contributed by atoms with Gasteiger partial charge >= 0.3 is 0 Å². The predicted molar refractivity (Wildman–Crippen MR) is 91.2 cm³/mol. The van der Waals surface area contributed by atoms with E-state index >= 15 is 0 Å². The van der Waals surface area contributed by atoms with Crippen LogP contribution in [0.15, 0.2) is 36.9 Å². The highest BCUT2D eigenvalue weighted by Crippen LogP contribution is 2.32. The van der Waals surface area contributed by atoms with E-state index in [1.54, 1.807) is 4.90 Å². The van der Waals surface area contributed by atoms with E-state index in [-0.39, 0.29) is 17.7 Å². The maximum Gasteiger partial charge on any atom is 0.245 e. The highest BCUT2D eigenvalue weighted by molar-refractivity contribution is 5.96. The first-order valence-electron chi connectivity index (χ1n) is 8.40. The number of hydrogen-bond donors (Lipinski definition) is 0. The lowest BCUT2D eigenvalue weighted by molar-refractivity contribution is -0.131. The van der Waals surface area contributed by atoms with Gasteiger partial charge in [-0.25, -0.2) is 0 Å². The number of likely N-dealkylation sites (tertiary alicyclic amines) is 1. The van der Waals surface area contributed by atoms with Gasteiger partial charge in [-0.3, -0.25) is 9.59 Å². The summed E-state index contributed by atoms with van der Waals surface area (Å²) in [5.41, 5.74) is 2.33. The summed E-state index contributed by atoms with van der Waals surface area (Å²) in [4.78, 5) is 28.4. The van der Waals surface area contributed by atoms with Crippen molar-refractivity contribution in [1.29, 1.82) is 0 Å². The predicted octanol–water partition coefficient (Wildman–Crippen LogP) is 2.64. The fourth-order valence-corrected chi connectivity index (χ4v) is 3.70. The van der Waals surface area contributed by atoms with Crippen LogP contribution in [0.1, 0.15) is 25.3 Å². The summed E-state index contributed by atoms with van der Waals surface area (Å²) in [7, 11) is 0. The zero-order chi connectivity index (χ0) is 16.4. The zero-order valence-corrected chi connectivity index (χ0v) is 13.7. The van der Waals surface area contributed by atoms with Crippen LogP contribution in [0.4, 0.5) is 5.69 Å². The Balaban J connectivity index is 1.72. The number of piperidine rings is 1. The fourth-order valence-electron chi connectivity index (χ4n) is 3.70. The monoisotopic (exact) mass is 312 g/mol. The number of hydrogen-bond acceptors (Lipinski definition) is 2. The summed E-state index contributed by atoms with van der Waals surface area (Å²) in [5.74, 6) is 0.682. The zero-order valence-electron chi connectivity index (χ0n) is 13.7. The number of para-hydroxylation sites is 1. The third kappa shape index (κ3) is 3.16. The lowest BCUT2D eigenvalue weighted by atomic mass is 9.90. The molecule has 4 nitrogen and oxygen atoms in total. The molecule has 0 N–H and O–H groups in total. The highest BCUT2D eigenvalue weighted by atomic mass is 16.2. The Morgan fingerprint density at radius 1 is 1.22 bits per heavy atom. The van der Waals surface area contributed by atoms with E-state index in [1.807, 2.05) is 17.0 Å². The summed E-state index contributed by atoms with van der Waals surface area (Å²) >= 11 is 0. The number of nitrogens with zero attached hydrogens (tertiary/aromatic N) is 2. The second-order valence-electron chi connectivity index (χ2n) is 6.69. The van der Waals surface area contributed by atoms with Gasteiger partial charge in [-0.15, -0.1) is 0 Å². The van der Waals surface area contributed by atoms with Crippen molar-refractivity contribution in [3.05, 3.63) is 42.5 Å². The van der Waals surface area contributed by atoms with Gasteiger partial charge in [-0.05, 0) is 42.9 Å². The Labute approximate surface area is 137 Å². The molecule has 1 saturated heterocycles. The first-order chi connectivity index (χ1) is 11.1. The highest BCUT2D eigenvalue weighted by Gasteiger charge is 2.33. The van der Waals surface area contributed by atoms with Crippen LogP contribution in [0.3, 0.4) is 0 Å². The molecule has 0 aliphatic carbocycles. The smallest absolute Gasteiger partial charge is 0.245 e. The van der Waals surface area contributed by atoms with E-state index < -0.39 is 0 Å². The molecular weight excluding hydrogens is 288 g/mol. The van der Waals surface area contributed by atoms with E-state index in [0.717, 1.165) is 31.5 Å². The summed E-state index contributed by atoms with van der Waals surface area (Å²) < 4.78 is 0. The second kappa shape index (κ2) is 6.57. The van der Waals surface area contributed by atoms with Crippen molar-refractivity contribution in [2.24, 2.45) is 11.8 Å². The fraction of sp³-hybridized carbons (Fsp3) is 0.474. The minimum Gasteiger partial charge on any atom is -0.339 e. The molecule has 0 aromatic heterocycles. The molecule has 0 radical (unpaired) electrons. The Morgan fingerprint density at radius 3 is 2.61 bits per heavy atom. The molecule has 0 saturated carbocycles. The average molecular weight is 312 g/mol. The number of anilines is 1. The summed E-state index contributed by atoms with van der Waals surface area (Å²) in [5, 5.41) is 0. The van der Waals surface area contributed by atoms with Crippen molar-refractivity contribution in [1.82, 2.24) is 4.90 Å². The molecule has 1 fully saturated rings. The van der Waals surface area contributed by atoms with Crippen LogP contribution in [-0.4, -0.2) is 36.3 Å². The number of amides is 2. The molecule has 2 heterocycles. The first kappa shape index (κ1) is 15.8. The third-order valence-corrected chi connectivity index (χ3v) is 4.94. The Morgan fingerprint density at radius 2 is 1.91 bits per heavy atom. The van der Waals surface area contributed by atoms with E-state index in [2.05, 4.69) is 25.6 Å². The van der Waals surface area contributed by atoms with E-state index in [9.17, 15) is 9.59 Å². The molecule has 1 atom stereocenters. The van der Waals surface area contributed by atoms with Gasteiger partial charge in [0.25, 0.3) is 0 Å². The Hall–Kier alpha value is -2.10. The molecule has 3 rings (SSSR count). The topological polar surface area (TPSA) is 40.6 Å². The number of benzene rings is 1. The number of fused-ring (bicyclic) bond motifs is 1. The molecular formula is C19H24N2O2. The van der Waals surface area contributed by atoms with Gasteiger partial charge in [-0.2, -0.15) is 0 Å². The Bertz CT molecular complexity index is 618. The summed E-state index contributed by atoms with van der Waals surface area (Å²) in [6.07, 6.45) is 3.87. The molecule has 2 amide bonds. The molecule has 23 heavy (non-hydrogen) atoms. The van der Waals surface area contributed by atoms with Gasteiger partial charge in [-0.1, -0.05) is 31.7 Å². The van der Waals surface area contributed by atoms with Crippen LogP contribution >= 0.6 is 0 Å². The Kier molecular flexibility index (Phi) is 4.51. The summed E-state index contributed by atoms with van der Waals surface area (Å²) in [6, 6.07) is 8.21. The van der Waals surface area contributed by atoms with Crippen LogP contribution in [0.2, 0.25) is 0 Å². The first-order valence-corrected chi connectivity index (χ1v) is 8.40. The normalized spacial score (nSPS) is 21.7. The largest absolute Gasteiger partial charge is 0.339 e. The molecule has 0 spiro atoms. The van der Waals surface area contributed by atoms with Gasteiger partial charge in [0.2, 0.25) is 11.8 Å². The molecule has 1 aromatic rings. The number of carbonyl (C=O) groups excluding carboxylic acids is 2. The second-order valence-corrected chi connectivity index (χ2v) is 6.69. The lowest BCUT2D eigenvalue weighted by Gasteiger charge is -2.38. The summed E-state index contributed by atoms with van der Waals surface area (Å²) in [6.45, 7) is 7.81.